The van der Waals surface area contributed by atoms with E-state index in [-0.39, 0.29) is 0 Å². The van der Waals surface area contributed by atoms with E-state index in [1.165, 1.54) is 24.8 Å². The number of rotatable bonds is 2. The first-order valence-electron chi connectivity index (χ1n) is 6.97. The predicted octanol–water partition coefficient (Wildman–Crippen LogP) is 2.52. The largest absolute Gasteiger partial charge is 0.490 e. The summed E-state index contributed by atoms with van der Waals surface area (Å²) in [6.45, 7) is 1.50. The number of fused-ring (bicyclic) bond motifs is 1. The Labute approximate surface area is 108 Å². The van der Waals surface area contributed by atoms with Crippen molar-refractivity contribution in [3.63, 3.8) is 0 Å². The molecule has 98 valence electrons. The normalized spacial score (nSPS) is 26.9. The second-order valence-electron chi connectivity index (χ2n) is 5.39. The average molecular weight is 247 g/mol. The van der Waals surface area contributed by atoms with Crippen molar-refractivity contribution in [1.29, 1.82) is 0 Å². The molecule has 2 unspecified atom stereocenters. The van der Waals surface area contributed by atoms with Gasteiger partial charge in [-0.25, -0.2) is 0 Å². The third kappa shape index (κ3) is 2.46. The van der Waals surface area contributed by atoms with Crippen molar-refractivity contribution in [2.45, 2.75) is 38.1 Å². The molecule has 2 aliphatic rings. The summed E-state index contributed by atoms with van der Waals surface area (Å²) in [6, 6.07) is 6.70. The fourth-order valence-corrected chi connectivity index (χ4v) is 2.96. The topological polar surface area (TPSA) is 44.5 Å². The highest BCUT2D eigenvalue weighted by molar-refractivity contribution is 5.43. The van der Waals surface area contributed by atoms with Crippen molar-refractivity contribution in [3.8, 4) is 11.5 Å². The highest BCUT2D eigenvalue weighted by Gasteiger charge is 2.24. The van der Waals surface area contributed by atoms with Gasteiger partial charge < -0.3 is 15.2 Å². The molecule has 3 nitrogen and oxygen atoms in total. The molecule has 1 fully saturated rings. The van der Waals surface area contributed by atoms with Crippen LogP contribution < -0.4 is 15.2 Å². The molecule has 2 N–H and O–H groups in total. The summed E-state index contributed by atoms with van der Waals surface area (Å²) in [4.78, 5) is 0. The van der Waals surface area contributed by atoms with E-state index in [2.05, 4.69) is 12.1 Å². The van der Waals surface area contributed by atoms with Crippen molar-refractivity contribution in [3.05, 3.63) is 23.8 Å². The molecule has 1 aromatic carbocycles. The Bertz CT molecular complexity index is 419. The van der Waals surface area contributed by atoms with Crippen LogP contribution in [-0.2, 0) is 6.42 Å². The summed E-state index contributed by atoms with van der Waals surface area (Å²) in [6.07, 6.45) is 5.73. The van der Waals surface area contributed by atoms with Crippen molar-refractivity contribution < 1.29 is 9.47 Å². The Hall–Kier alpha value is -1.22. The van der Waals surface area contributed by atoms with E-state index >= 15 is 0 Å². The summed E-state index contributed by atoms with van der Waals surface area (Å²) in [5, 5.41) is 0. The molecule has 3 heteroatoms. The Morgan fingerprint density at radius 3 is 2.67 bits per heavy atom. The molecule has 0 saturated heterocycles. The highest BCUT2D eigenvalue weighted by atomic mass is 16.5. The molecule has 2 atom stereocenters. The summed E-state index contributed by atoms with van der Waals surface area (Å²) in [7, 11) is 0. The minimum absolute atomic E-state index is 0.376. The number of ether oxygens (including phenoxy) is 2. The molecule has 1 aromatic rings. The Morgan fingerprint density at radius 2 is 1.89 bits per heavy atom. The lowest BCUT2D eigenvalue weighted by Crippen LogP contribution is -2.25. The molecular weight excluding hydrogens is 226 g/mol. The number of benzene rings is 1. The van der Waals surface area contributed by atoms with Crippen LogP contribution in [0.3, 0.4) is 0 Å². The van der Waals surface area contributed by atoms with Crippen molar-refractivity contribution >= 4 is 0 Å². The van der Waals surface area contributed by atoms with Crippen LogP contribution in [0.5, 0.6) is 11.5 Å². The molecule has 0 amide bonds. The van der Waals surface area contributed by atoms with E-state index in [0.717, 1.165) is 37.6 Å². The fourth-order valence-electron chi connectivity index (χ4n) is 2.96. The van der Waals surface area contributed by atoms with Crippen LogP contribution in [0.1, 0.15) is 31.2 Å². The van der Waals surface area contributed by atoms with E-state index in [4.69, 9.17) is 15.2 Å². The van der Waals surface area contributed by atoms with Crippen LogP contribution in [-0.4, -0.2) is 19.3 Å². The minimum atomic E-state index is 0.376. The van der Waals surface area contributed by atoms with Crippen LogP contribution in [0, 0.1) is 5.92 Å². The summed E-state index contributed by atoms with van der Waals surface area (Å²) >= 11 is 0. The molecule has 0 aromatic heterocycles. The molecule has 1 aliphatic carbocycles. The lowest BCUT2D eigenvalue weighted by molar-refractivity contribution is 0.297. The zero-order valence-electron chi connectivity index (χ0n) is 10.7. The van der Waals surface area contributed by atoms with Gasteiger partial charge in [0.1, 0.15) is 0 Å². The van der Waals surface area contributed by atoms with Crippen molar-refractivity contribution in [1.82, 2.24) is 0 Å². The minimum Gasteiger partial charge on any atom is -0.490 e. The van der Waals surface area contributed by atoms with Gasteiger partial charge in [0.05, 0.1) is 13.2 Å². The van der Waals surface area contributed by atoms with Gasteiger partial charge in [0.15, 0.2) is 11.5 Å². The first kappa shape index (κ1) is 11.8. The highest BCUT2D eigenvalue weighted by Crippen LogP contribution is 2.33. The Kier molecular flexibility index (Phi) is 3.41. The van der Waals surface area contributed by atoms with Crippen LogP contribution in [0.4, 0.5) is 0 Å². The molecular formula is C15H21NO2. The summed E-state index contributed by atoms with van der Waals surface area (Å²) < 4.78 is 11.4. The van der Waals surface area contributed by atoms with Crippen LogP contribution in [0.25, 0.3) is 0 Å². The molecule has 1 aliphatic heterocycles. The molecule has 0 spiro atoms. The Balaban J connectivity index is 1.75. The van der Waals surface area contributed by atoms with E-state index in [1.807, 2.05) is 6.07 Å². The van der Waals surface area contributed by atoms with Gasteiger partial charge in [-0.05, 0) is 42.9 Å². The second-order valence-corrected chi connectivity index (χ2v) is 5.39. The van der Waals surface area contributed by atoms with E-state index in [0.29, 0.717) is 12.0 Å². The van der Waals surface area contributed by atoms with Gasteiger partial charge in [-0.3, -0.25) is 0 Å². The monoisotopic (exact) mass is 247 g/mol. The lowest BCUT2D eigenvalue weighted by Gasteiger charge is -2.16. The number of hydrogen-bond acceptors (Lipinski definition) is 3. The smallest absolute Gasteiger partial charge is 0.161 e. The molecule has 0 radical (unpaired) electrons. The number of hydrogen-bond donors (Lipinski definition) is 1. The van der Waals surface area contributed by atoms with Crippen molar-refractivity contribution in [2.24, 2.45) is 11.7 Å². The second kappa shape index (κ2) is 5.19. The van der Waals surface area contributed by atoms with Gasteiger partial charge in [-0.15, -0.1) is 0 Å². The first-order valence-corrected chi connectivity index (χ1v) is 6.97. The zero-order chi connectivity index (χ0) is 12.4. The SMILES string of the molecule is NC1CCCC1Cc1ccc2c(c1)OCCCO2. The molecule has 1 saturated carbocycles. The molecule has 3 rings (SSSR count). The van der Waals surface area contributed by atoms with Gasteiger partial charge in [0.2, 0.25) is 0 Å². The van der Waals surface area contributed by atoms with Gasteiger partial charge in [-0.2, -0.15) is 0 Å². The van der Waals surface area contributed by atoms with Crippen LogP contribution in [0.2, 0.25) is 0 Å². The third-order valence-electron chi connectivity index (χ3n) is 4.03. The Morgan fingerprint density at radius 1 is 1.06 bits per heavy atom. The van der Waals surface area contributed by atoms with E-state index in [9.17, 15) is 0 Å². The van der Waals surface area contributed by atoms with Crippen LogP contribution in [0.15, 0.2) is 18.2 Å². The maximum Gasteiger partial charge on any atom is 0.161 e. The van der Waals surface area contributed by atoms with Gasteiger partial charge in [-0.1, -0.05) is 12.5 Å². The van der Waals surface area contributed by atoms with Gasteiger partial charge in [0.25, 0.3) is 0 Å². The molecule has 0 bridgehead atoms. The van der Waals surface area contributed by atoms with Gasteiger partial charge in [0, 0.05) is 12.5 Å². The summed E-state index contributed by atoms with van der Waals surface area (Å²) in [5.74, 6) is 2.42. The molecule has 18 heavy (non-hydrogen) atoms. The van der Waals surface area contributed by atoms with Gasteiger partial charge >= 0.3 is 0 Å². The van der Waals surface area contributed by atoms with Crippen LogP contribution >= 0.6 is 0 Å². The summed E-state index contributed by atoms with van der Waals surface area (Å²) in [5.41, 5.74) is 7.45. The molecule has 1 heterocycles. The fraction of sp³-hybridized carbons (Fsp3) is 0.600. The first-order chi connectivity index (χ1) is 8.83. The number of nitrogens with two attached hydrogens (primary N) is 1. The van der Waals surface area contributed by atoms with E-state index < -0.39 is 0 Å². The predicted molar refractivity (Wildman–Crippen MR) is 71.1 cm³/mol. The van der Waals surface area contributed by atoms with Crippen molar-refractivity contribution in [2.75, 3.05) is 13.2 Å². The standard InChI is InChI=1S/C15H21NO2/c16-13-4-1-3-12(13)9-11-5-6-14-15(10-11)18-8-2-7-17-14/h5-6,10,12-13H,1-4,7-9,16H2. The zero-order valence-corrected chi connectivity index (χ0v) is 10.7. The quantitative estimate of drug-likeness (QED) is 0.873. The third-order valence-corrected chi connectivity index (χ3v) is 4.03. The average Bonchev–Trinajstić information content (AvgIpc) is 2.65. The van der Waals surface area contributed by atoms with E-state index in [1.54, 1.807) is 0 Å². The lowest BCUT2D eigenvalue weighted by atomic mass is 9.95. The maximum absolute atomic E-state index is 6.13. The maximum atomic E-state index is 6.13.